The third-order valence-electron chi connectivity index (χ3n) is 3.40. The molecule has 0 radical (unpaired) electrons. The Balaban J connectivity index is 1.87. The summed E-state index contributed by atoms with van der Waals surface area (Å²) >= 11 is 0. The van der Waals surface area contributed by atoms with Crippen LogP contribution >= 0.6 is 0 Å². The molecular formula is C18H23FN2O2S. The van der Waals surface area contributed by atoms with Crippen molar-refractivity contribution in [3.63, 3.8) is 0 Å². The van der Waals surface area contributed by atoms with Crippen LogP contribution in [0.5, 0.6) is 0 Å². The molecule has 0 bridgehead atoms. The average molecular weight is 350 g/mol. The van der Waals surface area contributed by atoms with Gasteiger partial charge in [-0.05, 0) is 31.0 Å². The third kappa shape index (κ3) is 6.03. The van der Waals surface area contributed by atoms with Crippen molar-refractivity contribution >= 4 is 10.0 Å². The molecule has 2 aromatic carbocycles. The van der Waals surface area contributed by atoms with Crippen LogP contribution in [0.15, 0.2) is 48.5 Å². The SMILES string of the molecule is CC(C)NS(=O)(=O)Cc1ccc(CNCc2ccccc2F)cc1. The summed E-state index contributed by atoms with van der Waals surface area (Å²) in [5.74, 6) is -0.253. The zero-order valence-corrected chi connectivity index (χ0v) is 14.7. The summed E-state index contributed by atoms with van der Waals surface area (Å²) in [7, 11) is -3.31. The van der Waals surface area contributed by atoms with Gasteiger partial charge in [-0.3, -0.25) is 0 Å². The molecule has 2 aromatic rings. The van der Waals surface area contributed by atoms with Crippen LogP contribution in [0, 0.1) is 5.82 Å². The van der Waals surface area contributed by atoms with Gasteiger partial charge in [-0.2, -0.15) is 0 Å². The maximum atomic E-state index is 13.5. The maximum Gasteiger partial charge on any atom is 0.216 e. The van der Waals surface area contributed by atoms with Crippen molar-refractivity contribution in [1.82, 2.24) is 10.0 Å². The van der Waals surface area contributed by atoms with Crippen molar-refractivity contribution in [2.45, 2.75) is 38.7 Å². The second kappa shape index (κ2) is 8.37. The summed E-state index contributed by atoms with van der Waals surface area (Å²) in [5, 5.41) is 3.18. The van der Waals surface area contributed by atoms with E-state index in [-0.39, 0.29) is 17.6 Å². The van der Waals surface area contributed by atoms with Gasteiger partial charge in [-0.15, -0.1) is 0 Å². The monoisotopic (exact) mass is 350 g/mol. The highest BCUT2D eigenvalue weighted by Gasteiger charge is 2.12. The van der Waals surface area contributed by atoms with Crippen LogP contribution < -0.4 is 10.0 Å². The second-order valence-corrected chi connectivity index (χ2v) is 7.80. The molecule has 130 valence electrons. The number of benzene rings is 2. The van der Waals surface area contributed by atoms with E-state index in [9.17, 15) is 12.8 Å². The van der Waals surface area contributed by atoms with E-state index in [0.29, 0.717) is 18.7 Å². The van der Waals surface area contributed by atoms with Crippen LogP contribution in [-0.2, 0) is 28.9 Å². The zero-order chi connectivity index (χ0) is 17.6. The fraction of sp³-hybridized carbons (Fsp3) is 0.333. The largest absolute Gasteiger partial charge is 0.309 e. The van der Waals surface area contributed by atoms with Crippen LogP contribution in [0.2, 0.25) is 0 Å². The van der Waals surface area contributed by atoms with Crippen LogP contribution in [0.25, 0.3) is 0 Å². The van der Waals surface area contributed by atoms with Crippen LogP contribution in [0.1, 0.15) is 30.5 Å². The van der Waals surface area contributed by atoms with Gasteiger partial charge in [0.1, 0.15) is 5.82 Å². The molecule has 24 heavy (non-hydrogen) atoms. The lowest BCUT2D eigenvalue weighted by Gasteiger charge is -2.10. The molecule has 2 N–H and O–H groups in total. The van der Waals surface area contributed by atoms with Gasteiger partial charge in [-0.1, -0.05) is 42.5 Å². The minimum atomic E-state index is -3.31. The standard InChI is InChI=1S/C18H23FN2O2S/c1-14(2)21-24(22,23)13-16-9-7-15(8-10-16)11-20-12-17-5-3-4-6-18(17)19/h3-10,14,20-21H,11-13H2,1-2H3. The summed E-state index contributed by atoms with van der Waals surface area (Å²) < 4.78 is 39.9. The van der Waals surface area contributed by atoms with E-state index in [1.807, 2.05) is 12.1 Å². The smallest absolute Gasteiger partial charge is 0.216 e. The van der Waals surface area contributed by atoms with E-state index < -0.39 is 10.0 Å². The lowest BCUT2D eigenvalue weighted by Crippen LogP contribution is -2.31. The zero-order valence-electron chi connectivity index (χ0n) is 13.9. The van der Waals surface area contributed by atoms with Gasteiger partial charge in [0.25, 0.3) is 0 Å². The molecule has 0 saturated carbocycles. The van der Waals surface area contributed by atoms with E-state index in [1.54, 1.807) is 44.2 Å². The van der Waals surface area contributed by atoms with Gasteiger partial charge in [-0.25, -0.2) is 17.5 Å². The molecule has 0 saturated heterocycles. The van der Waals surface area contributed by atoms with E-state index in [1.165, 1.54) is 6.07 Å². The van der Waals surface area contributed by atoms with Crippen LogP contribution in [0.4, 0.5) is 4.39 Å². The topological polar surface area (TPSA) is 58.2 Å². The number of nitrogens with one attached hydrogen (secondary N) is 2. The summed E-state index contributed by atoms with van der Waals surface area (Å²) in [6, 6.07) is 13.9. The van der Waals surface area contributed by atoms with E-state index in [4.69, 9.17) is 0 Å². The predicted molar refractivity (Wildman–Crippen MR) is 94.3 cm³/mol. The fourth-order valence-electron chi connectivity index (χ4n) is 2.36. The van der Waals surface area contributed by atoms with E-state index in [2.05, 4.69) is 10.0 Å². The molecule has 0 aliphatic carbocycles. The van der Waals surface area contributed by atoms with Crippen molar-refractivity contribution in [3.05, 3.63) is 71.0 Å². The lowest BCUT2D eigenvalue weighted by atomic mass is 10.1. The highest BCUT2D eigenvalue weighted by Crippen LogP contribution is 2.10. The summed E-state index contributed by atoms with van der Waals surface area (Å²) in [4.78, 5) is 0. The van der Waals surface area contributed by atoms with Gasteiger partial charge in [0, 0.05) is 24.7 Å². The van der Waals surface area contributed by atoms with Crippen LogP contribution in [0.3, 0.4) is 0 Å². The Morgan fingerprint density at radius 1 is 0.958 bits per heavy atom. The summed E-state index contributed by atoms with van der Waals surface area (Å²) in [5.41, 5.74) is 2.38. The Morgan fingerprint density at radius 2 is 1.58 bits per heavy atom. The number of hydrogen-bond acceptors (Lipinski definition) is 3. The van der Waals surface area contributed by atoms with Gasteiger partial charge in [0.2, 0.25) is 10.0 Å². The first kappa shape index (κ1) is 18.6. The molecule has 4 nitrogen and oxygen atoms in total. The van der Waals surface area contributed by atoms with Crippen molar-refractivity contribution in [2.24, 2.45) is 0 Å². The number of halogens is 1. The quantitative estimate of drug-likeness (QED) is 0.770. The molecular weight excluding hydrogens is 327 g/mol. The molecule has 0 spiro atoms. The Labute approximate surface area is 143 Å². The van der Waals surface area contributed by atoms with Gasteiger partial charge >= 0.3 is 0 Å². The molecule has 0 aromatic heterocycles. The normalized spacial score (nSPS) is 11.8. The minimum Gasteiger partial charge on any atom is -0.309 e. The van der Waals surface area contributed by atoms with Gasteiger partial charge in [0.05, 0.1) is 5.75 Å². The Bertz CT molecular complexity index is 759. The molecule has 0 amide bonds. The average Bonchev–Trinajstić information content (AvgIpc) is 2.49. The highest BCUT2D eigenvalue weighted by molar-refractivity contribution is 7.88. The molecule has 0 aliphatic rings. The molecule has 0 fully saturated rings. The number of hydrogen-bond donors (Lipinski definition) is 2. The van der Waals surface area contributed by atoms with Crippen molar-refractivity contribution < 1.29 is 12.8 Å². The van der Waals surface area contributed by atoms with E-state index >= 15 is 0 Å². The van der Waals surface area contributed by atoms with Crippen molar-refractivity contribution in [1.29, 1.82) is 0 Å². The Morgan fingerprint density at radius 3 is 2.21 bits per heavy atom. The minimum absolute atomic E-state index is 0.0336. The Kier molecular flexibility index (Phi) is 6.48. The summed E-state index contributed by atoms with van der Waals surface area (Å²) in [6.07, 6.45) is 0. The number of rotatable bonds is 8. The molecule has 0 aliphatic heterocycles. The lowest BCUT2D eigenvalue weighted by molar-refractivity contribution is 0.569. The first-order valence-corrected chi connectivity index (χ1v) is 9.53. The first-order valence-electron chi connectivity index (χ1n) is 7.87. The maximum absolute atomic E-state index is 13.5. The van der Waals surface area contributed by atoms with Crippen molar-refractivity contribution in [3.8, 4) is 0 Å². The van der Waals surface area contributed by atoms with Gasteiger partial charge in [0.15, 0.2) is 0 Å². The van der Waals surface area contributed by atoms with Crippen LogP contribution in [-0.4, -0.2) is 14.5 Å². The van der Waals surface area contributed by atoms with E-state index in [0.717, 1.165) is 11.1 Å². The second-order valence-electron chi connectivity index (χ2n) is 6.04. The first-order chi connectivity index (χ1) is 11.4. The van der Waals surface area contributed by atoms with Gasteiger partial charge < -0.3 is 5.32 Å². The summed E-state index contributed by atoms with van der Waals surface area (Å²) in [6.45, 7) is 4.62. The number of sulfonamides is 1. The fourth-order valence-corrected chi connectivity index (χ4v) is 3.79. The third-order valence-corrected chi connectivity index (χ3v) is 4.94. The highest BCUT2D eigenvalue weighted by atomic mass is 32.2. The molecule has 0 atom stereocenters. The predicted octanol–water partition coefficient (Wildman–Crippen LogP) is 2.94. The van der Waals surface area contributed by atoms with Crippen molar-refractivity contribution in [2.75, 3.05) is 0 Å². The molecule has 2 rings (SSSR count). The molecule has 0 unspecified atom stereocenters. The molecule has 0 heterocycles. The molecule has 6 heteroatoms. The Hall–Kier alpha value is -1.76.